The van der Waals surface area contributed by atoms with Gasteiger partial charge in [0.2, 0.25) is 6.29 Å². The Bertz CT molecular complexity index is 918. The minimum absolute atomic E-state index is 0.00284. The molecule has 3 rings (SSSR count). The van der Waals surface area contributed by atoms with Crippen LogP contribution in [-0.4, -0.2) is 150 Å². The highest BCUT2D eigenvalue weighted by molar-refractivity contribution is 5.81. The SMILES string of the molecule is CN[C@@H]1[C@@H](O)[C@@H](O[C@H]2[C@H](NC(=O)C(O)C(O)CN)C[C@H](N)C(O[C@H]3OC(CN)=CC[C@H]3NCCCN)[C@@H]2O)OC[C@]1(C)O. The predicted molar refractivity (Wildman–Crippen MR) is 153 cm³/mol. The van der Waals surface area contributed by atoms with Gasteiger partial charge in [-0.1, -0.05) is 0 Å². The number of hydrogen-bond acceptors (Lipinski definition) is 16. The third-order valence-corrected chi connectivity index (χ3v) is 8.13. The summed E-state index contributed by atoms with van der Waals surface area (Å²) in [6.07, 6.45) is -7.76. The number of carbonyl (C=O) groups is 1. The van der Waals surface area contributed by atoms with Crippen molar-refractivity contribution in [3.05, 3.63) is 11.8 Å². The summed E-state index contributed by atoms with van der Waals surface area (Å²) >= 11 is 0. The molecular weight excluding hydrogens is 570 g/mol. The number of carbonyl (C=O) groups excluding carboxylic acids is 1. The van der Waals surface area contributed by atoms with E-state index >= 15 is 0 Å². The van der Waals surface area contributed by atoms with Crippen LogP contribution < -0.4 is 38.9 Å². The first-order valence-corrected chi connectivity index (χ1v) is 14.7. The zero-order chi connectivity index (χ0) is 31.9. The molecule has 0 aromatic rings. The highest BCUT2D eigenvalue weighted by Crippen LogP contribution is 2.32. The van der Waals surface area contributed by atoms with Crippen molar-refractivity contribution in [1.29, 1.82) is 0 Å². The Hall–Kier alpha value is -1.55. The number of rotatable bonds is 14. The number of amides is 1. The van der Waals surface area contributed by atoms with E-state index in [9.17, 15) is 30.3 Å². The summed E-state index contributed by atoms with van der Waals surface area (Å²) in [6.45, 7) is 2.14. The predicted octanol–water partition coefficient (Wildman–Crippen LogP) is -6.03. The van der Waals surface area contributed by atoms with Crippen LogP contribution in [0.25, 0.3) is 0 Å². The van der Waals surface area contributed by atoms with Crippen molar-refractivity contribution >= 4 is 5.91 Å². The topological polar surface area (TPSA) is 295 Å². The smallest absolute Gasteiger partial charge is 0.251 e. The standard InChI is InChI=1S/C26H51N7O10/c1-26(39)11-40-25(19(37)22(26)31-2)43-21-15(33-23(38)17(35)16(34)10-29)8-13(30)20(18(21)36)42-24-14(32-7-3-6-27)5-4-12(9-28)41-24/h4,13-22,24-25,31-32,34-37,39H,3,5-11,27-30H2,1-2H3,(H,33,38)/t13-,14+,15+,16?,17?,18-,19+,20?,21-,22+,24+,25+,26-/m0/s1. The van der Waals surface area contributed by atoms with E-state index in [4.69, 9.17) is 41.9 Å². The Morgan fingerprint density at radius 1 is 1.14 bits per heavy atom. The molecule has 17 heteroatoms. The third-order valence-electron chi connectivity index (χ3n) is 8.13. The molecule has 0 aromatic heterocycles. The van der Waals surface area contributed by atoms with Gasteiger partial charge in [0.25, 0.3) is 5.91 Å². The number of nitrogens with one attached hydrogen (secondary N) is 3. The normalized spacial score (nSPS) is 39.8. The van der Waals surface area contributed by atoms with Gasteiger partial charge in [-0.3, -0.25) is 4.79 Å². The Labute approximate surface area is 251 Å². The maximum absolute atomic E-state index is 12.8. The van der Waals surface area contributed by atoms with E-state index in [1.165, 1.54) is 6.92 Å². The fourth-order valence-electron chi connectivity index (χ4n) is 5.66. The average molecular weight is 622 g/mol. The van der Waals surface area contributed by atoms with Crippen LogP contribution in [0.15, 0.2) is 11.8 Å². The van der Waals surface area contributed by atoms with E-state index < -0.39 is 78.8 Å². The highest BCUT2D eigenvalue weighted by Gasteiger charge is 2.52. The summed E-state index contributed by atoms with van der Waals surface area (Å²) in [5.74, 6) is -0.455. The van der Waals surface area contributed by atoms with E-state index in [-0.39, 0.29) is 32.2 Å². The Morgan fingerprint density at radius 2 is 1.84 bits per heavy atom. The molecule has 1 amide bonds. The van der Waals surface area contributed by atoms with Crippen molar-refractivity contribution in [2.24, 2.45) is 22.9 Å². The fourth-order valence-corrected chi connectivity index (χ4v) is 5.66. The summed E-state index contributed by atoms with van der Waals surface area (Å²) < 4.78 is 23.9. The van der Waals surface area contributed by atoms with Gasteiger partial charge in [-0.25, -0.2) is 0 Å². The van der Waals surface area contributed by atoms with Gasteiger partial charge in [0.05, 0.1) is 31.3 Å². The minimum Gasteiger partial charge on any atom is -0.467 e. The van der Waals surface area contributed by atoms with Crippen molar-refractivity contribution in [2.75, 3.05) is 39.8 Å². The molecule has 2 heterocycles. The second kappa shape index (κ2) is 16.1. The monoisotopic (exact) mass is 621 g/mol. The molecule has 2 fully saturated rings. The molecule has 1 aliphatic carbocycles. The van der Waals surface area contributed by atoms with Crippen LogP contribution in [0.5, 0.6) is 0 Å². The van der Waals surface area contributed by atoms with Crippen LogP contribution in [-0.2, 0) is 23.7 Å². The van der Waals surface area contributed by atoms with Crippen molar-refractivity contribution in [3.8, 4) is 0 Å². The number of nitrogens with two attached hydrogens (primary N) is 4. The molecule has 0 spiro atoms. The van der Waals surface area contributed by atoms with Gasteiger partial charge in [-0.15, -0.1) is 0 Å². The van der Waals surface area contributed by atoms with Gasteiger partial charge >= 0.3 is 0 Å². The van der Waals surface area contributed by atoms with Crippen molar-refractivity contribution < 1.29 is 49.3 Å². The van der Waals surface area contributed by atoms with Crippen LogP contribution in [0.2, 0.25) is 0 Å². The molecule has 1 saturated heterocycles. The molecule has 0 aromatic carbocycles. The van der Waals surface area contributed by atoms with Crippen molar-refractivity contribution in [2.45, 2.75) is 105 Å². The zero-order valence-corrected chi connectivity index (χ0v) is 24.7. The molecule has 17 nitrogen and oxygen atoms in total. The van der Waals surface area contributed by atoms with Crippen LogP contribution >= 0.6 is 0 Å². The van der Waals surface area contributed by atoms with Gasteiger partial charge in [0, 0.05) is 12.6 Å². The van der Waals surface area contributed by atoms with Crippen LogP contribution in [0.3, 0.4) is 0 Å². The maximum atomic E-state index is 12.8. The van der Waals surface area contributed by atoms with E-state index in [1.54, 1.807) is 7.05 Å². The quantitative estimate of drug-likeness (QED) is 0.0803. The van der Waals surface area contributed by atoms with Crippen LogP contribution in [0, 0.1) is 0 Å². The molecule has 250 valence electrons. The highest BCUT2D eigenvalue weighted by atomic mass is 16.7. The number of hydrogen-bond donors (Lipinski definition) is 12. The van der Waals surface area contributed by atoms with E-state index in [2.05, 4.69) is 16.0 Å². The average Bonchev–Trinajstić information content (AvgIpc) is 2.98. The van der Waals surface area contributed by atoms with Gasteiger partial charge in [-0.05, 0) is 52.4 Å². The first-order valence-electron chi connectivity index (χ1n) is 14.7. The Kier molecular flexibility index (Phi) is 13.5. The molecule has 16 N–H and O–H groups in total. The lowest BCUT2D eigenvalue weighted by Crippen LogP contribution is -2.69. The zero-order valence-electron chi connectivity index (χ0n) is 24.7. The number of ether oxygens (including phenoxy) is 4. The summed E-state index contributed by atoms with van der Waals surface area (Å²) in [7, 11) is 1.56. The molecule has 3 unspecified atom stereocenters. The van der Waals surface area contributed by atoms with Crippen molar-refractivity contribution in [1.82, 2.24) is 16.0 Å². The van der Waals surface area contributed by atoms with Crippen molar-refractivity contribution in [3.63, 3.8) is 0 Å². The second-order valence-electron chi connectivity index (χ2n) is 11.5. The summed E-state index contributed by atoms with van der Waals surface area (Å²) in [4.78, 5) is 12.8. The number of aliphatic hydroxyl groups excluding tert-OH is 4. The molecule has 2 aliphatic heterocycles. The Balaban J connectivity index is 1.85. The van der Waals surface area contributed by atoms with Crippen LogP contribution in [0.4, 0.5) is 0 Å². The molecule has 3 aliphatic rings. The molecule has 43 heavy (non-hydrogen) atoms. The third kappa shape index (κ3) is 8.80. The van der Waals surface area contributed by atoms with E-state index in [0.29, 0.717) is 31.7 Å². The first kappa shape index (κ1) is 35.9. The van der Waals surface area contributed by atoms with Gasteiger partial charge < -0.3 is 83.4 Å². The van der Waals surface area contributed by atoms with E-state index in [1.807, 2.05) is 6.08 Å². The minimum atomic E-state index is -1.86. The Morgan fingerprint density at radius 3 is 2.47 bits per heavy atom. The lowest BCUT2D eigenvalue weighted by Gasteiger charge is -2.49. The molecule has 0 bridgehead atoms. The second-order valence-corrected chi connectivity index (χ2v) is 11.5. The van der Waals surface area contributed by atoms with Gasteiger partial charge in [-0.2, -0.15) is 0 Å². The molecule has 1 saturated carbocycles. The lowest BCUT2D eigenvalue weighted by molar-refractivity contribution is -0.304. The molecule has 13 atom stereocenters. The van der Waals surface area contributed by atoms with Crippen LogP contribution in [0.1, 0.15) is 26.2 Å². The number of aliphatic hydroxyl groups is 5. The summed E-state index contributed by atoms with van der Waals surface area (Å²) in [5, 5.41) is 62.1. The fraction of sp³-hybridized carbons (Fsp3) is 0.885. The van der Waals surface area contributed by atoms with Gasteiger partial charge in [0.15, 0.2) is 12.4 Å². The van der Waals surface area contributed by atoms with E-state index in [0.717, 1.165) is 0 Å². The van der Waals surface area contributed by atoms with Gasteiger partial charge in [0.1, 0.15) is 41.9 Å². The number of likely N-dealkylation sites (N-methyl/N-ethyl adjacent to an activating group) is 1. The maximum Gasteiger partial charge on any atom is 0.251 e. The summed E-state index contributed by atoms with van der Waals surface area (Å²) in [6, 6.07) is -3.05. The first-order chi connectivity index (χ1) is 20.4. The lowest BCUT2D eigenvalue weighted by atomic mass is 9.83. The largest absolute Gasteiger partial charge is 0.467 e. The molecular formula is C26H51N7O10. The summed E-state index contributed by atoms with van der Waals surface area (Å²) in [5.41, 5.74) is 21.8. The molecule has 0 radical (unpaired) electrons.